The zero-order valence-electron chi connectivity index (χ0n) is 8.46. The van der Waals surface area contributed by atoms with E-state index in [2.05, 4.69) is 5.32 Å². The smallest absolute Gasteiger partial charge is 0.261 e. The maximum Gasteiger partial charge on any atom is 0.261 e. The van der Waals surface area contributed by atoms with E-state index in [-0.39, 0.29) is 5.76 Å². The molecule has 0 aliphatic rings. The van der Waals surface area contributed by atoms with Crippen LogP contribution in [0.25, 0.3) is 0 Å². The van der Waals surface area contributed by atoms with Crippen molar-refractivity contribution in [3.8, 4) is 0 Å². The standard InChI is InChI=1S/C12H11NO3/c14-11(10-7-4-8-16-10)12(15)13-9-5-2-1-3-6-9/h1-8,11,14H,(H,13,15). The molecule has 0 saturated carbocycles. The molecule has 0 spiro atoms. The summed E-state index contributed by atoms with van der Waals surface area (Å²) in [5.74, 6) is -0.283. The maximum atomic E-state index is 11.6. The van der Waals surface area contributed by atoms with Crippen LogP contribution >= 0.6 is 0 Å². The summed E-state index contributed by atoms with van der Waals surface area (Å²) >= 11 is 0. The highest BCUT2D eigenvalue weighted by atomic mass is 16.4. The number of rotatable bonds is 3. The number of benzene rings is 1. The van der Waals surface area contributed by atoms with Crippen LogP contribution < -0.4 is 5.32 Å². The monoisotopic (exact) mass is 217 g/mol. The van der Waals surface area contributed by atoms with Crippen molar-refractivity contribution in [3.63, 3.8) is 0 Å². The predicted molar refractivity (Wildman–Crippen MR) is 58.7 cm³/mol. The number of aliphatic hydroxyl groups excluding tert-OH is 1. The Hall–Kier alpha value is -2.07. The highest BCUT2D eigenvalue weighted by Crippen LogP contribution is 2.15. The Labute approximate surface area is 92.5 Å². The molecule has 0 aliphatic carbocycles. The molecule has 2 N–H and O–H groups in total. The van der Waals surface area contributed by atoms with Gasteiger partial charge < -0.3 is 14.8 Å². The van der Waals surface area contributed by atoms with Crippen LogP contribution in [0.1, 0.15) is 11.9 Å². The Morgan fingerprint density at radius 3 is 2.56 bits per heavy atom. The number of amides is 1. The van der Waals surface area contributed by atoms with Crippen LogP contribution in [0.5, 0.6) is 0 Å². The van der Waals surface area contributed by atoms with Crippen LogP contribution in [0.2, 0.25) is 0 Å². The second-order valence-corrected chi connectivity index (χ2v) is 3.27. The van der Waals surface area contributed by atoms with Crippen molar-refractivity contribution in [2.24, 2.45) is 0 Å². The third-order valence-electron chi connectivity index (χ3n) is 2.10. The van der Waals surface area contributed by atoms with Crippen molar-refractivity contribution in [2.45, 2.75) is 6.10 Å². The van der Waals surface area contributed by atoms with Gasteiger partial charge >= 0.3 is 0 Å². The highest BCUT2D eigenvalue weighted by molar-refractivity contribution is 5.94. The van der Waals surface area contributed by atoms with Crippen molar-refractivity contribution < 1.29 is 14.3 Å². The quantitative estimate of drug-likeness (QED) is 0.826. The molecule has 1 atom stereocenters. The number of furan rings is 1. The molecule has 1 aromatic heterocycles. The summed E-state index contributed by atoms with van der Waals surface area (Å²) in [5, 5.41) is 12.2. The lowest BCUT2D eigenvalue weighted by Crippen LogP contribution is -2.20. The molecule has 2 rings (SSSR count). The maximum absolute atomic E-state index is 11.6. The lowest BCUT2D eigenvalue weighted by Gasteiger charge is -2.08. The van der Waals surface area contributed by atoms with Crippen LogP contribution in [0.4, 0.5) is 5.69 Å². The summed E-state index contributed by atoms with van der Waals surface area (Å²) in [4.78, 5) is 11.6. The average Bonchev–Trinajstić information content (AvgIpc) is 2.83. The van der Waals surface area contributed by atoms with E-state index in [1.165, 1.54) is 6.26 Å². The Morgan fingerprint density at radius 1 is 1.19 bits per heavy atom. The Morgan fingerprint density at radius 2 is 1.94 bits per heavy atom. The minimum atomic E-state index is -1.28. The molecule has 16 heavy (non-hydrogen) atoms. The largest absolute Gasteiger partial charge is 0.466 e. The van der Waals surface area contributed by atoms with Crippen molar-refractivity contribution in [1.29, 1.82) is 0 Å². The van der Waals surface area contributed by atoms with E-state index >= 15 is 0 Å². The Bertz CT molecular complexity index is 450. The van der Waals surface area contributed by atoms with Crippen LogP contribution in [0.3, 0.4) is 0 Å². The molecule has 4 nitrogen and oxygen atoms in total. The highest BCUT2D eigenvalue weighted by Gasteiger charge is 2.19. The Balaban J connectivity index is 2.04. The fourth-order valence-corrected chi connectivity index (χ4v) is 1.31. The molecule has 4 heteroatoms. The van der Waals surface area contributed by atoms with Gasteiger partial charge in [0.15, 0.2) is 6.10 Å². The zero-order chi connectivity index (χ0) is 11.4. The number of hydrogen-bond acceptors (Lipinski definition) is 3. The third kappa shape index (κ3) is 2.29. The molecule has 82 valence electrons. The van der Waals surface area contributed by atoms with E-state index in [4.69, 9.17) is 4.42 Å². The second-order valence-electron chi connectivity index (χ2n) is 3.27. The number of nitrogens with one attached hydrogen (secondary N) is 1. The summed E-state index contributed by atoms with van der Waals surface area (Å²) in [6.45, 7) is 0. The molecule has 1 amide bonds. The van der Waals surface area contributed by atoms with Crippen LogP contribution in [0, 0.1) is 0 Å². The lowest BCUT2D eigenvalue weighted by atomic mass is 10.2. The number of hydrogen-bond donors (Lipinski definition) is 2. The number of carbonyl (C=O) groups is 1. The molecule has 1 unspecified atom stereocenters. The predicted octanol–water partition coefficient (Wildman–Crippen LogP) is 1.95. The van der Waals surface area contributed by atoms with Crippen molar-refractivity contribution in [2.75, 3.05) is 5.32 Å². The molecule has 0 radical (unpaired) electrons. The van der Waals surface area contributed by atoms with Gasteiger partial charge in [0.25, 0.3) is 5.91 Å². The molecule has 0 fully saturated rings. The number of anilines is 1. The first-order valence-electron chi connectivity index (χ1n) is 4.85. The van der Waals surface area contributed by atoms with E-state index in [0.29, 0.717) is 5.69 Å². The van der Waals surface area contributed by atoms with Gasteiger partial charge in [0.1, 0.15) is 5.76 Å². The first kappa shape index (κ1) is 10.4. The van der Waals surface area contributed by atoms with E-state index in [1.807, 2.05) is 6.07 Å². The van der Waals surface area contributed by atoms with E-state index in [0.717, 1.165) is 0 Å². The van der Waals surface area contributed by atoms with Gasteiger partial charge in [0, 0.05) is 5.69 Å². The fourth-order valence-electron chi connectivity index (χ4n) is 1.31. The van der Waals surface area contributed by atoms with Crippen LogP contribution in [0.15, 0.2) is 53.1 Å². The van der Waals surface area contributed by atoms with Gasteiger partial charge in [-0.05, 0) is 24.3 Å². The van der Waals surface area contributed by atoms with E-state index in [1.54, 1.807) is 36.4 Å². The van der Waals surface area contributed by atoms with Crippen molar-refractivity contribution in [1.82, 2.24) is 0 Å². The number of aliphatic hydroxyl groups is 1. The van der Waals surface area contributed by atoms with Crippen molar-refractivity contribution in [3.05, 3.63) is 54.5 Å². The van der Waals surface area contributed by atoms with E-state index in [9.17, 15) is 9.90 Å². The van der Waals surface area contributed by atoms with Gasteiger partial charge in [-0.2, -0.15) is 0 Å². The van der Waals surface area contributed by atoms with Gasteiger partial charge in [-0.1, -0.05) is 18.2 Å². The molecule has 0 bridgehead atoms. The summed E-state index contributed by atoms with van der Waals surface area (Å²) in [5.41, 5.74) is 0.637. The summed E-state index contributed by atoms with van der Waals surface area (Å²) in [7, 11) is 0. The molecular weight excluding hydrogens is 206 g/mol. The number of para-hydroxylation sites is 1. The molecule has 1 heterocycles. The van der Waals surface area contributed by atoms with Gasteiger partial charge in [0.2, 0.25) is 0 Å². The first-order valence-corrected chi connectivity index (χ1v) is 4.85. The van der Waals surface area contributed by atoms with Crippen molar-refractivity contribution >= 4 is 11.6 Å². The molecule has 0 aliphatic heterocycles. The number of carbonyl (C=O) groups excluding carboxylic acids is 1. The van der Waals surface area contributed by atoms with Gasteiger partial charge in [0.05, 0.1) is 6.26 Å². The van der Waals surface area contributed by atoms with Gasteiger partial charge in [-0.3, -0.25) is 4.79 Å². The molecule has 1 aromatic carbocycles. The first-order chi connectivity index (χ1) is 7.77. The Kier molecular flexibility index (Phi) is 3.03. The SMILES string of the molecule is O=C(Nc1ccccc1)C(O)c1ccco1. The lowest BCUT2D eigenvalue weighted by molar-refractivity contribution is -0.125. The second kappa shape index (κ2) is 4.63. The van der Waals surface area contributed by atoms with E-state index < -0.39 is 12.0 Å². The summed E-state index contributed by atoms with van der Waals surface area (Å²) in [6, 6.07) is 12.1. The summed E-state index contributed by atoms with van der Waals surface area (Å²) in [6.07, 6.45) is 0.129. The van der Waals surface area contributed by atoms with Crippen LogP contribution in [-0.4, -0.2) is 11.0 Å². The van der Waals surface area contributed by atoms with Crippen LogP contribution in [-0.2, 0) is 4.79 Å². The van der Waals surface area contributed by atoms with Gasteiger partial charge in [-0.15, -0.1) is 0 Å². The van der Waals surface area contributed by atoms with Gasteiger partial charge in [-0.25, -0.2) is 0 Å². The molecular formula is C12H11NO3. The fraction of sp³-hybridized carbons (Fsp3) is 0.0833. The minimum absolute atomic E-state index is 0.230. The zero-order valence-corrected chi connectivity index (χ0v) is 8.46. The molecule has 2 aromatic rings. The normalized spacial score (nSPS) is 12.1. The summed E-state index contributed by atoms with van der Waals surface area (Å²) < 4.78 is 4.94. The minimum Gasteiger partial charge on any atom is -0.466 e. The topological polar surface area (TPSA) is 62.5 Å². The average molecular weight is 217 g/mol. The third-order valence-corrected chi connectivity index (χ3v) is 2.10. The molecule has 0 saturated heterocycles.